The molecule has 2 fully saturated rings. The largest absolute Gasteiger partial charge is 0.325 e. The molecule has 2 saturated heterocycles. The summed E-state index contributed by atoms with van der Waals surface area (Å²) in [7, 11) is 1.92. The minimum atomic E-state index is -1.01. The number of benzene rings is 1. The Morgan fingerprint density at radius 1 is 1.44 bits per heavy atom. The molecule has 3 aliphatic heterocycles. The molecular formula is C17H16ClN3O2S2. The first-order chi connectivity index (χ1) is 11.9. The van der Waals surface area contributed by atoms with Gasteiger partial charge in [0.25, 0.3) is 0 Å². The number of fused-ring (bicyclic) bond motifs is 3. The van der Waals surface area contributed by atoms with Crippen LogP contribution in [-0.4, -0.2) is 57.4 Å². The average molecular weight is 394 g/mol. The second kappa shape index (κ2) is 5.54. The monoisotopic (exact) mass is 393 g/mol. The van der Waals surface area contributed by atoms with Gasteiger partial charge in [0.15, 0.2) is 0 Å². The summed E-state index contributed by atoms with van der Waals surface area (Å²) in [5.74, 6) is -0.298. The zero-order valence-electron chi connectivity index (χ0n) is 13.5. The highest BCUT2D eigenvalue weighted by atomic mass is 35.5. The van der Waals surface area contributed by atoms with Crippen molar-refractivity contribution in [2.45, 2.75) is 10.2 Å². The highest BCUT2D eigenvalue weighted by Gasteiger charge is 2.72. The lowest BCUT2D eigenvalue weighted by Crippen LogP contribution is -2.57. The molecule has 0 aromatic heterocycles. The van der Waals surface area contributed by atoms with Crippen LogP contribution in [0.4, 0.5) is 5.69 Å². The third-order valence-electron chi connectivity index (χ3n) is 5.15. The second-order valence-electron chi connectivity index (χ2n) is 6.62. The number of amides is 2. The third-order valence-corrected chi connectivity index (χ3v) is 7.25. The Balaban J connectivity index is 1.94. The maximum absolute atomic E-state index is 13.4. The van der Waals surface area contributed by atoms with Crippen LogP contribution in [0.5, 0.6) is 0 Å². The maximum Gasteiger partial charge on any atom is 0.247 e. The Bertz CT molecular complexity index is 845. The molecule has 0 radical (unpaired) electrons. The van der Waals surface area contributed by atoms with Gasteiger partial charge in [-0.1, -0.05) is 41.7 Å². The number of hydrogen-bond acceptors (Lipinski definition) is 5. The van der Waals surface area contributed by atoms with Crippen molar-refractivity contribution < 1.29 is 9.59 Å². The quantitative estimate of drug-likeness (QED) is 0.617. The molecule has 5 nitrogen and oxygen atoms in total. The molecule has 130 valence electrons. The van der Waals surface area contributed by atoms with E-state index in [4.69, 9.17) is 23.8 Å². The summed E-state index contributed by atoms with van der Waals surface area (Å²) in [4.78, 5) is 30.1. The lowest BCUT2D eigenvalue weighted by molar-refractivity contribution is -0.133. The summed E-state index contributed by atoms with van der Waals surface area (Å²) in [6.45, 7) is 4.94. The standard InChI is InChI=1S/C17H16ClN3O2S2/c1-3-6-21-14(23)17(25-15(21)24)9-20(2)8-16(17)11-7-10(18)4-5-12(11)19-13(16)22/h3-5,7H,1,6,8-9H2,2H3,(H,19,22)/t16-,17-/m0/s1. The second-order valence-corrected chi connectivity index (χ2v) is 8.99. The van der Waals surface area contributed by atoms with E-state index in [1.54, 1.807) is 29.2 Å². The highest BCUT2D eigenvalue weighted by molar-refractivity contribution is 8.25. The van der Waals surface area contributed by atoms with Gasteiger partial charge in [0.2, 0.25) is 11.8 Å². The SMILES string of the molecule is C=CCN1C(=O)[C@]2(CN(C)C[C@]23C(=O)Nc2ccc(Cl)cc23)SC1=S. The van der Waals surface area contributed by atoms with Crippen LogP contribution in [0.3, 0.4) is 0 Å². The van der Waals surface area contributed by atoms with E-state index in [2.05, 4.69) is 11.9 Å². The van der Waals surface area contributed by atoms with Crippen molar-refractivity contribution in [3.63, 3.8) is 0 Å². The van der Waals surface area contributed by atoms with E-state index >= 15 is 0 Å². The summed E-state index contributed by atoms with van der Waals surface area (Å²) in [6, 6.07) is 5.33. The van der Waals surface area contributed by atoms with Crippen LogP contribution < -0.4 is 5.32 Å². The number of nitrogens with one attached hydrogen (secondary N) is 1. The Morgan fingerprint density at radius 2 is 2.20 bits per heavy atom. The molecule has 0 saturated carbocycles. The van der Waals surface area contributed by atoms with Crippen molar-refractivity contribution in [1.29, 1.82) is 0 Å². The van der Waals surface area contributed by atoms with Crippen molar-refractivity contribution in [1.82, 2.24) is 9.80 Å². The first-order valence-electron chi connectivity index (χ1n) is 7.81. The molecule has 1 aromatic carbocycles. The van der Waals surface area contributed by atoms with E-state index in [0.29, 0.717) is 34.7 Å². The van der Waals surface area contributed by atoms with Gasteiger partial charge in [0, 0.05) is 30.3 Å². The number of anilines is 1. The molecule has 2 amide bonds. The predicted molar refractivity (Wildman–Crippen MR) is 104 cm³/mol. The van der Waals surface area contributed by atoms with Gasteiger partial charge in [-0.05, 0) is 30.8 Å². The molecule has 0 unspecified atom stereocenters. The van der Waals surface area contributed by atoms with E-state index in [1.807, 2.05) is 11.9 Å². The zero-order chi connectivity index (χ0) is 18.0. The molecule has 25 heavy (non-hydrogen) atoms. The van der Waals surface area contributed by atoms with Crippen LogP contribution in [0.1, 0.15) is 5.56 Å². The molecule has 2 atom stereocenters. The zero-order valence-corrected chi connectivity index (χ0v) is 15.9. The van der Waals surface area contributed by atoms with Gasteiger partial charge in [-0.15, -0.1) is 6.58 Å². The first kappa shape index (κ1) is 17.0. The van der Waals surface area contributed by atoms with Crippen molar-refractivity contribution in [2.75, 3.05) is 32.0 Å². The molecule has 3 heterocycles. The van der Waals surface area contributed by atoms with E-state index in [9.17, 15) is 9.59 Å². The fourth-order valence-electron chi connectivity index (χ4n) is 4.20. The highest BCUT2D eigenvalue weighted by Crippen LogP contribution is 2.59. The molecule has 8 heteroatoms. The van der Waals surface area contributed by atoms with Gasteiger partial charge in [0.1, 0.15) is 14.5 Å². The van der Waals surface area contributed by atoms with Gasteiger partial charge < -0.3 is 10.2 Å². The van der Waals surface area contributed by atoms with Gasteiger partial charge in [-0.25, -0.2) is 0 Å². The van der Waals surface area contributed by atoms with Crippen LogP contribution in [0.15, 0.2) is 30.9 Å². The molecule has 1 N–H and O–H groups in total. The van der Waals surface area contributed by atoms with Crippen LogP contribution >= 0.6 is 35.6 Å². The molecule has 0 aliphatic carbocycles. The van der Waals surface area contributed by atoms with Gasteiger partial charge in [0.05, 0.1) is 0 Å². The number of rotatable bonds is 2. The van der Waals surface area contributed by atoms with E-state index < -0.39 is 10.2 Å². The summed E-state index contributed by atoms with van der Waals surface area (Å²) in [6.07, 6.45) is 1.65. The summed E-state index contributed by atoms with van der Waals surface area (Å²) < 4.78 is -0.496. The predicted octanol–water partition coefficient (Wildman–Crippen LogP) is 2.26. The maximum atomic E-state index is 13.4. The molecule has 1 aromatic rings. The smallest absolute Gasteiger partial charge is 0.247 e. The van der Waals surface area contributed by atoms with Crippen LogP contribution in [-0.2, 0) is 15.0 Å². The topological polar surface area (TPSA) is 52.7 Å². The van der Waals surface area contributed by atoms with Crippen LogP contribution in [0, 0.1) is 0 Å². The lowest BCUT2D eigenvalue weighted by Gasteiger charge is -2.35. The number of carbonyl (C=O) groups excluding carboxylic acids is 2. The Morgan fingerprint density at radius 3 is 2.92 bits per heavy atom. The van der Waals surface area contributed by atoms with E-state index in [1.165, 1.54) is 11.8 Å². The summed E-state index contributed by atoms with van der Waals surface area (Å²) >= 11 is 13.0. The average Bonchev–Trinajstić information content (AvgIpc) is 3.09. The Hall–Kier alpha value is -1.41. The van der Waals surface area contributed by atoms with Crippen LogP contribution in [0.25, 0.3) is 0 Å². The number of nitrogens with zero attached hydrogens (tertiary/aromatic N) is 2. The van der Waals surface area contributed by atoms with Crippen molar-refractivity contribution in [3.05, 3.63) is 41.4 Å². The molecule has 4 rings (SSSR count). The number of likely N-dealkylation sites (N-methyl/N-ethyl adjacent to an activating group) is 1. The molecule has 0 bridgehead atoms. The van der Waals surface area contributed by atoms with Gasteiger partial charge in [-0.2, -0.15) is 0 Å². The van der Waals surface area contributed by atoms with Crippen molar-refractivity contribution >= 4 is 57.4 Å². The minimum Gasteiger partial charge on any atom is -0.325 e. The number of hydrogen-bond donors (Lipinski definition) is 1. The number of halogens is 1. The first-order valence-corrected chi connectivity index (χ1v) is 9.42. The fraction of sp³-hybridized carbons (Fsp3) is 0.353. The normalized spacial score (nSPS) is 31.3. The number of thiocarbonyl (C=S) groups is 1. The summed E-state index contributed by atoms with van der Waals surface area (Å²) in [5.41, 5.74) is 0.480. The van der Waals surface area contributed by atoms with Crippen LogP contribution in [0.2, 0.25) is 5.02 Å². The van der Waals surface area contributed by atoms with E-state index in [0.717, 1.165) is 5.56 Å². The Labute approximate surface area is 160 Å². The number of thioether (sulfide) groups is 1. The number of carbonyl (C=O) groups is 2. The third kappa shape index (κ3) is 2.04. The number of likely N-dealkylation sites (tertiary alicyclic amines) is 1. The van der Waals surface area contributed by atoms with Crippen molar-refractivity contribution in [2.24, 2.45) is 0 Å². The molecule has 3 aliphatic rings. The lowest BCUT2D eigenvalue weighted by atomic mass is 9.72. The van der Waals surface area contributed by atoms with E-state index in [-0.39, 0.29) is 11.8 Å². The van der Waals surface area contributed by atoms with Gasteiger partial charge >= 0.3 is 0 Å². The van der Waals surface area contributed by atoms with Crippen molar-refractivity contribution in [3.8, 4) is 0 Å². The van der Waals surface area contributed by atoms with Gasteiger partial charge in [-0.3, -0.25) is 14.5 Å². The fourth-order valence-corrected chi connectivity index (χ4v) is 6.44. The molecule has 2 spiro atoms. The minimum absolute atomic E-state index is 0.130. The molecular weight excluding hydrogens is 378 g/mol. The summed E-state index contributed by atoms with van der Waals surface area (Å²) in [5, 5.41) is 3.48. The Kier molecular flexibility index (Phi) is 3.77.